The van der Waals surface area contributed by atoms with E-state index in [1.54, 1.807) is 18.2 Å². The van der Waals surface area contributed by atoms with Crippen molar-refractivity contribution in [3.05, 3.63) is 65.5 Å². The quantitative estimate of drug-likeness (QED) is 0.479. The second-order valence-corrected chi connectivity index (χ2v) is 7.89. The first-order chi connectivity index (χ1) is 15.6. The minimum atomic E-state index is -0.247. The summed E-state index contributed by atoms with van der Waals surface area (Å²) in [6, 6.07) is 14.8. The molecule has 9 nitrogen and oxygen atoms in total. The van der Waals surface area contributed by atoms with Crippen LogP contribution in [0.25, 0.3) is 0 Å². The van der Waals surface area contributed by atoms with E-state index in [0.717, 1.165) is 5.56 Å². The fourth-order valence-corrected chi connectivity index (χ4v) is 4.00. The number of hydrogen-bond donors (Lipinski definition) is 2. The van der Waals surface area contributed by atoms with E-state index < -0.39 is 0 Å². The topological polar surface area (TPSA) is 107 Å². The van der Waals surface area contributed by atoms with E-state index in [4.69, 9.17) is 9.47 Å². The Labute approximate surface area is 189 Å². The Hall–Kier alpha value is -3.53. The largest absolute Gasteiger partial charge is 0.454 e. The fraction of sp³-hybridized carbons (Fsp3) is 0.273. The Morgan fingerprint density at radius 2 is 1.84 bits per heavy atom. The van der Waals surface area contributed by atoms with Crippen LogP contribution in [0, 0.1) is 0 Å². The van der Waals surface area contributed by atoms with Crippen LogP contribution in [0.5, 0.6) is 11.5 Å². The third-order valence-electron chi connectivity index (χ3n) is 4.82. The molecular formula is C22H23N5O4S. The summed E-state index contributed by atoms with van der Waals surface area (Å²) in [5.41, 5.74) is 1.52. The molecule has 166 valence electrons. The molecule has 1 aliphatic heterocycles. The molecule has 2 heterocycles. The van der Waals surface area contributed by atoms with Gasteiger partial charge in [0.05, 0.1) is 12.3 Å². The van der Waals surface area contributed by atoms with Crippen LogP contribution in [-0.4, -0.2) is 39.1 Å². The van der Waals surface area contributed by atoms with Crippen LogP contribution >= 0.6 is 11.8 Å². The fourth-order valence-electron chi connectivity index (χ4n) is 3.15. The summed E-state index contributed by atoms with van der Waals surface area (Å²) in [4.78, 5) is 24.7. The number of benzene rings is 2. The van der Waals surface area contributed by atoms with Crippen molar-refractivity contribution in [3.63, 3.8) is 0 Å². The van der Waals surface area contributed by atoms with Gasteiger partial charge in [-0.15, -0.1) is 10.2 Å². The van der Waals surface area contributed by atoms with Gasteiger partial charge in [-0.3, -0.25) is 9.59 Å². The van der Waals surface area contributed by atoms with Gasteiger partial charge in [-0.2, -0.15) is 0 Å². The average molecular weight is 454 g/mol. The van der Waals surface area contributed by atoms with Crippen molar-refractivity contribution in [3.8, 4) is 11.5 Å². The molecule has 1 aromatic heterocycles. The molecule has 0 unspecified atom stereocenters. The second kappa shape index (κ2) is 10.2. The number of carbonyl (C=O) groups is 2. The average Bonchev–Trinajstić information content (AvgIpc) is 3.46. The van der Waals surface area contributed by atoms with Crippen molar-refractivity contribution in [1.82, 2.24) is 25.4 Å². The molecule has 1 aliphatic rings. The van der Waals surface area contributed by atoms with Gasteiger partial charge in [0.2, 0.25) is 12.7 Å². The Balaban J connectivity index is 1.29. The zero-order chi connectivity index (χ0) is 22.3. The number of nitrogens with zero attached hydrogens (tertiary/aromatic N) is 3. The number of fused-ring (bicyclic) bond motifs is 1. The van der Waals surface area contributed by atoms with Gasteiger partial charge < -0.3 is 24.7 Å². The Kier molecular flexibility index (Phi) is 6.90. The number of amides is 2. The Bertz CT molecular complexity index is 1100. The van der Waals surface area contributed by atoms with Gasteiger partial charge >= 0.3 is 0 Å². The van der Waals surface area contributed by atoms with E-state index >= 15 is 0 Å². The lowest BCUT2D eigenvalue weighted by molar-refractivity contribution is -0.118. The van der Waals surface area contributed by atoms with Crippen LogP contribution in [0.15, 0.2) is 53.7 Å². The molecule has 2 aromatic carbocycles. The van der Waals surface area contributed by atoms with Crippen LogP contribution in [-0.2, 0) is 24.4 Å². The van der Waals surface area contributed by atoms with Crippen LogP contribution in [0.1, 0.15) is 28.7 Å². The van der Waals surface area contributed by atoms with Crippen molar-refractivity contribution < 1.29 is 19.1 Å². The number of hydrogen-bond acceptors (Lipinski definition) is 7. The lowest BCUT2D eigenvalue weighted by Gasteiger charge is -2.09. The third-order valence-corrected chi connectivity index (χ3v) is 5.78. The molecular weight excluding hydrogens is 430 g/mol. The predicted molar refractivity (Wildman–Crippen MR) is 118 cm³/mol. The molecule has 0 fully saturated rings. The highest BCUT2D eigenvalue weighted by Gasteiger charge is 2.18. The van der Waals surface area contributed by atoms with Crippen LogP contribution < -0.4 is 20.1 Å². The molecule has 2 amide bonds. The van der Waals surface area contributed by atoms with Gasteiger partial charge in [0.1, 0.15) is 0 Å². The zero-order valence-corrected chi connectivity index (χ0v) is 18.4. The normalized spacial score (nSPS) is 11.9. The third kappa shape index (κ3) is 5.20. The molecule has 0 saturated carbocycles. The summed E-state index contributed by atoms with van der Waals surface area (Å²) in [5.74, 6) is 1.70. The van der Waals surface area contributed by atoms with Crippen molar-refractivity contribution in [2.75, 3.05) is 12.5 Å². The smallest absolute Gasteiger partial charge is 0.251 e. The highest BCUT2D eigenvalue weighted by atomic mass is 32.2. The highest BCUT2D eigenvalue weighted by Crippen LogP contribution is 2.32. The highest BCUT2D eigenvalue weighted by molar-refractivity contribution is 7.99. The molecule has 3 aromatic rings. The molecule has 10 heteroatoms. The van der Waals surface area contributed by atoms with Gasteiger partial charge in [-0.25, -0.2) is 0 Å². The molecule has 32 heavy (non-hydrogen) atoms. The maximum absolute atomic E-state index is 12.5. The summed E-state index contributed by atoms with van der Waals surface area (Å²) in [5, 5.41) is 14.7. The monoisotopic (exact) mass is 453 g/mol. The number of rotatable bonds is 9. The van der Waals surface area contributed by atoms with Gasteiger partial charge in [-0.05, 0) is 30.7 Å². The number of thioether (sulfide) groups is 1. The van der Waals surface area contributed by atoms with Gasteiger partial charge in [0.25, 0.3) is 5.91 Å². The summed E-state index contributed by atoms with van der Waals surface area (Å²) in [7, 11) is 0. The molecule has 0 radical (unpaired) electrons. The van der Waals surface area contributed by atoms with Crippen molar-refractivity contribution in [1.29, 1.82) is 0 Å². The molecule has 0 aliphatic carbocycles. The van der Waals surface area contributed by atoms with E-state index in [1.807, 2.05) is 41.8 Å². The first-order valence-electron chi connectivity index (χ1n) is 10.2. The Morgan fingerprint density at radius 3 is 2.66 bits per heavy atom. The lowest BCUT2D eigenvalue weighted by atomic mass is 10.2. The second-order valence-electron chi connectivity index (χ2n) is 6.94. The summed E-state index contributed by atoms with van der Waals surface area (Å²) in [6.07, 6.45) is 0. The standard InChI is InChI=1S/C22H23N5O4S/c1-2-27-19(12-24-21(29)16-8-9-17-18(10-16)31-14-30-17)25-26-22(27)32-13-20(28)23-11-15-6-4-3-5-7-15/h3-10H,2,11-14H2,1H3,(H,23,28)(H,24,29). The van der Waals surface area contributed by atoms with E-state index in [-0.39, 0.29) is 30.9 Å². The molecule has 0 atom stereocenters. The number of nitrogens with one attached hydrogen (secondary N) is 2. The summed E-state index contributed by atoms with van der Waals surface area (Å²) >= 11 is 1.31. The summed E-state index contributed by atoms with van der Waals surface area (Å²) < 4.78 is 12.5. The van der Waals surface area contributed by atoms with Crippen molar-refractivity contribution >= 4 is 23.6 Å². The zero-order valence-electron chi connectivity index (χ0n) is 17.5. The van der Waals surface area contributed by atoms with Gasteiger partial charge in [0, 0.05) is 18.7 Å². The van der Waals surface area contributed by atoms with E-state index in [1.165, 1.54) is 11.8 Å². The SMILES string of the molecule is CCn1c(CNC(=O)c2ccc3c(c2)OCO3)nnc1SCC(=O)NCc1ccccc1. The molecule has 4 rings (SSSR count). The summed E-state index contributed by atoms with van der Waals surface area (Å²) in [6.45, 7) is 3.44. The van der Waals surface area contributed by atoms with Crippen molar-refractivity contribution in [2.24, 2.45) is 0 Å². The van der Waals surface area contributed by atoms with E-state index in [9.17, 15) is 9.59 Å². The first-order valence-corrected chi connectivity index (χ1v) is 11.2. The minimum Gasteiger partial charge on any atom is -0.454 e. The lowest BCUT2D eigenvalue weighted by Crippen LogP contribution is -2.25. The maximum Gasteiger partial charge on any atom is 0.251 e. The number of ether oxygens (including phenoxy) is 2. The van der Waals surface area contributed by atoms with E-state index in [2.05, 4.69) is 20.8 Å². The van der Waals surface area contributed by atoms with E-state index in [0.29, 0.717) is 41.1 Å². The molecule has 0 bridgehead atoms. The van der Waals surface area contributed by atoms with Crippen molar-refractivity contribution in [2.45, 2.75) is 31.7 Å². The molecule has 0 saturated heterocycles. The molecule has 0 spiro atoms. The van der Waals surface area contributed by atoms with Crippen LogP contribution in [0.4, 0.5) is 0 Å². The maximum atomic E-state index is 12.5. The molecule has 2 N–H and O–H groups in total. The van der Waals surface area contributed by atoms with Gasteiger partial charge in [-0.1, -0.05) is 42.1 Å². The number of carbonyl (C=O) groups excluding carboxylic acids is 2. The minimum absolute atomic E-state index is 0.0813. The Morgan fingerprint density at radius 1 is 1.03 bits per heavy atom. The first kappa shape index (κ1) is 21.7. The van der Waals surface area contributed by atoms with Gasteiger partial charge in [0.15, 0.2) is 22.5 Å². The van der Waals surface area contributed by atoms with Crippen LogP contribution in [0.2, 0.25) is 0 Å². The van der Waals surface area contributed by atoms with Crippen LogP contribution in [0.3, 0.4) is 0 Å². The number of aromatic nitrogens is 3. The predicted octanol–water partition coefficient (Wildman–Crippen LogP) is 2.37.